The Morgan fingerprint density at radius 3 is 2.71 bits per heavy atom. The molecule has 0 aliphatic carbocycles. The highest BCUT2D eigenvalue weighted by molar-refractivity contribution is 9.10. The number of halogens is 4. The van der Waals surface area contributed by atoms with Gasteiger partial charge in [-0.05, 0) is 18.2 Å². The van der Waals surface area contributed by atoms with Crippen LogP contribution in [0.2, 0.25) is 0 Å². The molecule has 1 aromatic carbocycles. The van der Waals surface area contributed by atoms with Crippen LogP contribution in [-0.4, -0.2) is 16.9 Å². The van der Waals surface area contributed by atoms with Crippen LogP contribution in [0.4, 0.5) is 13.2 Å². The normalized spacial score (nSPS) is 12.0. The molecule has 0 aliphatic heterocycles. The van der Waals surface area contributed by atoms with Crippen LogP contribution in [0.5, 0.6) is 0 Å². The Bertz CT molecular complexity index is 574. The Kier molecular flexibility index (Phi) is 2.99. The van der Waals surface area contributed by atoms with Gasteiger partial charge in [0.25, 0.3) is 0 Å². The van der Waals surface area contributed by atoms with Crippen LogP contribution >= 0.6 is 15.9 Å². The number of fused-ring (bicyclic) bond motifs is 1. The molecule has 0 bridgehead atoms. The van der Waals surface area contributed by atoms with E-state index in [0.29, 0.717) is 15.4 Å². The fraction of sp³-hybridized carbons (Fsp3) is 0.182. The predicted molar refractivity (Wildman–Crippen MR) is 61.0 cm³/mol. The Morgan fingerprint density at radius 2 is 2.06 bits per heavy atom. The molecule has 0 fully saturated rings. The number of H-pyrrole nitrogens is 1. The summed E-state index contributed by atoms with van der Waals surface area (Å²) in [6, 6.07) is 5.07. The Labute approximate surface area is 103 Å². The predicted octanol–water partition coefficient (Wildman–Crippen LogP) is 4.07. The number of nitrogens with one attached hydrogen (secondary N) is 1. The van der Waals surface area contributed by atoms with Crippen molar-refractivity contribution in [3.63, 3.8) is 0 Å². The fourth-order valence-electron chi connectivity index (χ4n) is 1.60. The van der Waals surface area contributed by atoms with Crippen LogP contribution in [-0.2, 0) is 0 Å². The number of alkyl halides is 3. The highest BCUT2D eigenvalue weighted by Gasteiger charge is 2.32. The van der Waals surface area contributed by atoms with Crippen LogP contribution in [0, 0.1) is 0 Å². The second-order valence-electron chi connectivity index (χ2n) is 3.61. The van der Waals surface area contributed by atoms with Crippen LogP contribution < -0.4 is 0 Å². The van der Waals surface area contributed by atoms with E-state index in [9.17, 15) is 18.0 Å². The third-order valence-corrected chi connectivity index (χ3v) is 2.80. The molecule has 0 saturated carbocycles. The molecule has 17 heavy (non-hydrogen) atoms. The zero-order valence-corrected chi connectivity index (χ0v) is 10.0. The van der Waals surface area contributed by atoms with Crippen molar-refractivity contribution in [2.45, 2.75) is 12.6 Å². The molecule has 0 amide bonds. The minimum atomic E-state index is -4.48. The van der Waals surface area contributed by atoms with Gasteiger partial charge in [0.15, 0.2) is 5.78 Å². The number of hydrogen-bond donors (Lipinski definition) is 1. The first-order chi connectivity index (χ1) is 7.87. The number of rotatable bonds is 2. The lowest BCUT2D eigenvalue weighted by atomic mass is 10.1. The number of benzene rings is 1. The van der Waals surface area contributed by atoms with Crippen molar-refractivity contribution in [1.29, 1.82) is 0 Å². The summed E-state index contributed by atoms with van der Waals surface area (Å²) in [5.41, 5.74) is 0.706. The average molecular weight is 306 g/mol. The first-order valence-electron chi connectivity index (χ1n) is 4.73. The Hall–Kier alpha value is -1.30. The van der Waals surface area contributed by atoms with Gasteiger partial charge in [-0.2, -0.15) is 13.2 Å². The topological polar surface area (TPSA) is 32.9 Å². The van der Waals surface area contributed by atoms with Gasteiger partial charge in [-0.25, -0.2) is 0 Å². The van der Waals surface area contributed by atoms with Gasteiger partial charge in [0.2, 0.25) is 0 Å². The van der Waals surface area contributed by atoms with E-state index in [1.807, 2.05) is 0 Å². The lowest BCUT2D eigenvalue weighted by Crippen LogP contribution is -2.14. The van der Waals surface area contributed by atoms with Crippen LogP contribution in [0.3, 0.4) is 0 Å². The molecular formula is C11H7BrF3NO. The van der Waals surface area contributed by atoms with Gasteiger partial charge in [0, 0.05) is 27.1 Å². The van der Waals surface area contributed by atoms with Gasteiger partial charge >= 0.3 is 6.18 Å². The first kappa shape index (κ1) is 12.2. The lowest BCUT2D eigenvalue weighted by molar-refractivity contribution is -0.125. The Balaban J connectivity index is 2.42. The average Bonchev–Trinajstić information content (AvgIpc) is 2.57. The summed E-state index contributed by atoms with van der Waals surface area (Å²) in [7, 11) is 0. The molecule has 0 saturated heterocycles. The molecule has 2 nitrogen and oxygen atoms in total. The van der Waals surface area contributed by atoms with Crippen molar-refractivity contribution in [3.05, 3.63) is 34.4 Å². The van der Waals surface area contributed by atoms with E-state index < -0.39 is 18.4 Å². The number of carbonyl (C=O) groups is 1. The van der Waals surface area contributed by atoms with Gasteiger partial charge in [-0.1, -0.05) is 15.9 Å². The van der Waals surface area contributed by atoms with E-state index >= 15 is 0 Å². The highest BCUT2D eigenvalue weighted by Crippen LogP contribution is 2.27. The van der Waals surface area contributed by atoms with Gasteiger partial charge in [0.05, 0.1) is 0 Å². The van der Waals surface area contributed by atoms with Gasteiger partial charge in [-0.3, -0.25) is 4.79 Å². The number of hydrogen-bond acceptors (Lipinski definition) is 1. The van der Waals surface area contributed by atoms with Crippen LogP contribution in [0.15, 0.2) is 28.9 Å². The highest BCUT2D eigenvalue weighted by atomic mass is 79.9. The van der Waals surface area contributed by atoms with Gasteiger partial charge < -0.3 is 4.98 Å². The van der Waals surface area contributed by atoms with E-state index in [1.54, 1.807) is 18.2 Å². The molecule has 0 atom stereocenters. The third kappa shape index (κ3) is 2.69. The van der Waals surface area contributed by atoms with E-state index in [4.69, 9.17) is 0 Å². The summed E-state index contributed by atoms with van der Waals surface area (Å²) in [6.07, 6.45) is -4.61. The molecular weight excluding hydrogens is 299 g/mol. The summed E-state index contributed by atoms with van der Waals surface area (Å²) >= 11 is 3.21. The second kappa shape index (κ2) is 4.18. The minimum Gasteiger partial charge on any atom is -0.360 e. The van der Waals surface area contributed by atoms with Crippen LogP contribution in [0.25, 0.3) is 10.9 Å². The number of ketones is 1. The van der Waals surface area contributed by atoms with E-state index in [-0.39, 0.29) is 5.56 Å². The van der Waals surface area contributed by atoms with E-state index in [0.717, 1.165) is 0 Å². The smallest absolute Gasteiger partial charge is 0.360 e. The van der Waals surface area contributed by atoms with Crippen molar-refractivity contribution in [3.8, 4) is 0 Å². The number of aromatic amines is 1. The molecule has 2 aromatic rings. The van der Waals surface area contributed by atoms with E-state index in [2.05, 4.69) is 20.9 Å². The summed E-state index contributed by atoms with van der Waals surface area (Å²) in [5, 5.41) is 0.494. The molecule has 0 spiro atoms. The van der Waals surface area contributed by atoms with Crippen LogP contribution in [0.1, 0.15) is 16.8 Å². The molecule has 90 valence electrons. The number of carbonyl (C=O) groups excluding carboxylic acids is 1. The van der Waals surface area contributed by atoms with Crippen molar-refractivity contribution < 1.29 is 18.0 Å². The minimum absolute atomic E-state index is 0.0682. The lowest BCUT2D eigenvalue weighted by Gasteiger charge is -2.04. The molecule has 2 rings (SSSR count). The quantitative estimate of drug-likeness (QED) is 0.834. The molecule has 0 unspecified atom stereocenters. The molecule has 0 aliphatic rings. The SMILES string of the molecule is O=C(CC(F)(F)F)c1c[nH]c2ccc(Br)cc12. The van der Waals surface area contributed by atoms with E-state index in [1.165, 1.54) is 6.20 Å². The Morgan fingerprint density at radius 1 is 1.35 bits per heavy atom. The third-order valence-electron chi connectivity index (χ3n) is 2.31. The monoisotopic (exact) mass is 305 g/mol. The molecule has 0 radical (unpaired) electrons. The summed E-state index contributed by atoms with van der Waals surface area (Å²) in [6.45, 7) is 0. The van der Waals surface area contributed by atoms with Crippen molar-refractivity contribution in [2.24, 2.45) is 0 Å². The zero-order chi connectivity index (χ0) is 12.6. The molecule has 1 aromatic heterocycles. The van der Waals surface area contributed by atoms with Gasteiger partial charge in [0.1, 0.15) is 6.42 Å². The largest absolute Gasteiger partial charge is 0.396 e. The number of Topliss-reactive ketones (excluding diaryl/α,β-unsaturated/α-hetero) is 1. The van der Waals surface area contributed by atoms with Gasteiger partial charge in [-0.15, -0.1) is 0 Å². The summed E-state index contributed by atoms with van der Waals surface area (Å²) < 4.78 is 37.1. The maximum absolute atomic E-state index is 12.1. The molecule has 6 heteroatoms. The van der Waals surface area contributed by atoms with Crippen molar-refractivity contribution >= 4 is 32.6 Å². The maximum atomic E-state index is 12.1. The second-order valence-corrected chi connectivity index (χ2v) is 4.52. The standard InChI is InChI=1S/C11H7BrF3NO/c12-6-1-2-9-7(3-6)8(5-16-9)10(17)4-11(13,14)15/h1-3,5,16H,4H2. The fourth-order valence-corrected chi connectivity index (χ4v) is 1.96. The molecule has 1 N–H and O–H groups in total. The first-order valence-corrected chi connectivity index (χ1v) is 5.53. The van der Waals surface area contributed by atoms with Crippen molar-refractivity contribution in [1.82, 2.24) is 4.98 Å². The summed E-state index contributed by atoms with van der Waals surface area (Å²) in [5.74, 6) is -0.929. The molecule has 1 heterocycles. The zero-order valence-electron chi connectivity index (χ0n) is 8.44. The maximum Gasteiger partial charge on any atom is 0.396 e. The number of aromatic nitrogens is 1. The van der Waals surface area contributed by atoms with Crippen molar-refractivity contribution in [2.75, 3.05) is 0 Å². The summed E-state index contributed by atoms with van der Waals surface area (Å²) in [4.78, 5) is 14.3.